The van der Waals surface area contributed by atoms with Crippen molar-refractivity contribution in [3.8, 4) is 17.4 Å². The molecule has 1 aromatic carbocycles. The Morgan fingerprint density at radius 2 is 2.20 bits per heavy atom. The van der Waals surface area contributed by atoms with Crippen LogP contribution in [0, 0.1) is 5.92 Å². The van der Waals surface area contributed by atoms with E-state index < -0.39 is 0 Å². The number of carbonyl (C=O) groups excluding carboxylic acids is 1. The Balaban J connectivity index is 1.33. The standard InChI is InChI=1S/C21H24N6O3/c1-29-17-5-2-6-18(10-17)30-20-8-7-16(12-23-20)24-21(28)19-14-27(26-25-19)13-15-4-3-9-22-11-15/h2,5-8,10,12,14-15,22H,3-4,9,11,13H2,1H3,(H,24,28). The number of amides is 1. The third kappa shape index (κ3) is 5.12. The highest BCUT2D eigenvalue weighted by molar-refractivity contribution is 6.02. The number of benzene rings is 1. The molecule has 3 heterocycles. The molecule has 1 aliphatic rings. The van der Waals surface area contributed by atoms with Crippen LogP contribution < -0.4 is 20.1 Å². The Morgan fingerprint density at radius 3 is 2.97 bits per heavy atom. The van der Waals surface area contributed by atoms with E-state index in [-0.39, 0.29) is 11.6 Å². The van der Waals surface area contributed by atoms with Gasteiger partial charge in [0.1, 0.15) is 11.5 Å². The predicted molar refractivity (Wildman–Crippen MR) is 111 cm³/mol. The van der Waals surface area contributed by atoms with E-state index in [2.05, 4.69) is 25.9 Å². The molecule has 1 fully saturated rings. The van der Waals surface area contributed by atoms with Crippen molar-refractivity contribution in [1.82, 2.24) is 25.3 Å². The molecule has 1 unspecified atom stereocenters. The van der Waals surface area contributed by atoms with Crippen molar-refractivity contribution in [1.29, 1.82) is 0 Å². The largest absolute Gasteiger partial charge is 0.497 e. The molecular weight excluding hydrogens is 384 g/mol. The summed E-state index contributed by atoms with van der Waals surface area (Å²) in [4.78, 5) is 16.7. The minimum absolute atomic E-state index is 0.274. The van der Waals surface area contributed by atoms with Crippen LogP contribution in [-0.4, -0.2) is 46.1 Å². The first-order valence-corrected chi connectivity index (χ1v) is 9.90. The summed E-state index contributed by atoms with van der Waals surface area (Å²) in [5.41, 5.74) is 0.819. The number of nitrogens with zero attached hydrogens (tertiary/aromatic N) is 4. The van der Waals surface area contributed by atoms with Gasteiger partial charge in [-0.1, -0.05) is 11.3 Å². The first-order chi connectivity index (χ1) is 14.7. The highest BCUT2D eigenvalue weighted by atomic mass is 16.5. The van der Waals surface area contributed by atoms with Gasteiger partial charge in [-0.2, -0.15) is 0 Å². The van der Waals surface area contributed by atoms with Gasteiger partial charge in [0.25, 0.3) is 5.91 Å². The van der Waals surface area contributed by atoms with Crippen LogP contribution in [0.4, 0.5) is 5.69 Å². The lowest BCUT2D eigenvalue weighted by atomic mass is 10.00. The number of carbonyl (C=O) groups is 1. The van der Waals surface area contributed by atoms with Crippen molar-refractivity contribution < 1.29 is 14.3 Å². The first-order valence-electron chi connectivity index (χ1n) is 9.90. The summed E-state index contributed by atoms with van der Waals surface area (Å²) < 4.78 is 12.6. The molecule has 4 rings (SSSR count). The van der Waals surface area contributed by atoms with Crippen molar-refractivity contribution in [2.75, 3.05) is 25.5 Å². The molecule has 156 valence electrons. The number of rotatable bonds is 7. The molecule has 1 aliphatic heterocycles. The fraction of sp³-hybridized carbons (Fsp3) is 0.333. The molecule has 1 saturated heterocycles. The van der Waals surface area contributed by atoms with Crippen LogP contribution in [0.1, 0.15) is 23.3 Å². The number of aromatic nitrogens is 4. The number of ether oxygens (including phenoxy) is 2. The maximum absolute atomic E-state index is 12.5. The van der Waals surface area contributed by atoms with Gasteiger partial charge < -0.3 is 20.1 Å². The Kier molecular flexibility index (Phi) is 6.19. The fourth-order valence-electron chi connectivity index (χ4n) is 3.33. The monoisotopic (exact) mass is 408 g/mol. The molecule has 9 heteroatoms. The molecule has 0 bridgehead atoms. The molecular formula is C21H24N6O3. The van der Waals surface area contributed by atoms with Crippen molar-refractivity contribution in [3.63, 3.8) is 0 Å². The van der Waals surface area contributed by atoms with Crippen molar-refractivity contribution >= 4 is 11.6 Å². The number of pyridine rings is 1. The number of hydrogen-bond donors (Lipinski definition) is 2. The van der Waals surface area contributed by atoms with Gasteiger partial charge in [0.15, 0.2) is 5.69 Å². The van der Waals surface area contributed by atoms with Crippen molar-refractivity contribution in [2.45, 2.75) is 19.4 Å². The third-order valence-electron chi connectivity index (χ3n) is 4.87. The zero-order chi connectivity index (χ0) is 20.8. The molecule has 0 saturated carbocycles. The summed E-state index contributed by atoms with van der Waals surface area (Å²) in [6.45, 7) is 2.79. The summed E-state index contributed by atoms with van der Waals surface area (Å²) in [7, 11) is 1.60. The molecule has 2 aromatic heterocycles. The molecule has 1 atom stereocenters. The van der Waals surface area contributed by atoms with Gasteiger partial charge in [0, 0.05) is 18.7 Å². The van der Waals surface area contributed by atoms with E-state index in [4.69, 9.17) is 9.47 Å². The number of nitrogens with one attached hydrogen (secondary N) is 2. The lowest BCUT2D eigenvalue weighted by molar-refractivity contribution is 0.102. The number of anilines is 1. The zero-order valence-electron chi connectivity index (χ0n) is 16.7. The second-order valence-corrected chi connectivity index (χ2v) is 7.16. The lowest BCUT2D eigenvalue weighted by Gasteiger charge is -2.22. The average molecular weight is 408 g/mol. The van der Waals surface area contributed by atoms with E-state index >= 15 is 0 Å². The number of methoxy groups -OCH3 is 1. The van der Waals surface area contributed by atoms with Gasteiger partial charge in [-0.3, -0.25) is 9.48 Å². The van der Waals surface area contributed by atoms with Crippen LogP contribution in [0.2, 0.25) is 0 Å². The molecule has 9 nitrogen and oxygen atoms in total. The maximum atomic E-state index is 12.5. The summed E-state index contributed by atoms with van der Waals surface area (Å²) in [6.07, 6.45) is 5.53. The number of piperidine rings is 1. The first kappa shape index (κ1) is 19.8. The number of hydrogen-bond acceptors (Lipinski definition) is 7. The Morgan fingerprint density at radius 1 is 1.30 bits per heavy atom. The van der Waals surface area contributed by atoms with E-state index in [1.165, 1.54) is 6.20 Å². The SMILES string of the molecule is COc1cccc(Oc2ccc(NC(=O)c3cn(CC4CCCNC4)nn3)cn2)c1. The van der Waals surface area contributed by atoms with Crippen LogP contribution in [0.15, 0.2) is 48.8 Å². The third-order valence-corrected chi connectivity index (χ3v) is 4.87. The summed E-state index contributed by atoms with van der Waals surface area (Å²) in [6, 6.07) is 10.7. The molecule has 1 amide bonds. The van der Waals surface area contributed by atoms with E-state index in [1.54, 1.807) is 36.2 Å². The molecule has 0 aliphatic carbocycles. The Labute approximate surface area is 174 Å². The summed E-state index contributed by atoms with van der Waals surface area (Å²) in [5, 5.41) is 14.2. The Hall–Kier alpha value is -3.46. The van der Waals surface area contributed by atoms with Crippen LogP contribution in [-0.2, 0) is 6.54 Å². The van der Waals surface area contributed by atoms with Crippen molar-refractivity contribution in [2.24, 2.45) is 5.92 Å². The second kappa shape index (κ2) is 9.36. The van der Waals surface area contributed by atoms with E-state index in [9.17, 15) is 4.79 Å². The molecule has 3 aromatic rings. The normalized spacial score (nSPS) is 16.1. The molecule has 0 radical (unpaired) electrons. The van der Waals surface area contributed by atoms with Gasteiger partial charge >= 0.3 is 0 Å². The highest BCUT2D eigenvalue weighted by Crippen LogP contribution is 2.24. The highest BCUT2D eigenvalue weighted by Gasteiger charge is 2.16. The summed E-state index contributed by atoms with van der Waals surface area (Å²) >= 11 is 0. The maximum Gasteiger partial charge on any atom is 0.277 e. The van der Waals surface area contributed by atoms with E-state index in [0.717, 1.165) is 32.5 Å². The Bertz CT molecular complexity index is 982. The predicted octanol–water partition coefficient (Wildman–Crippen LogP) is 2.73. The van der Waals surface area contributed by atoms with Gasteiger partial charge in [0.05, 0.1) is 25.2 Å². The minimum Gasteiger partial charge on any atom is -0.497 e. The zero-order valence-corrected chi connectivity index (χ0v) is 16.7. The van der Waals surface area contributed by atoms with Gasteiger partial charge in [-0.15, -0.1) is 5.10 Å². The van der Waals surface area contributed by atoms with Gasteiger partial charge in [-0.05, 0) is 50.0 Å². The average Bonchev–Trinajstić information content (AvgIpc) is 3.25. The molecule has 30 heavy (non-hydrogen) atoms. The van der Waals surface area contributed by atoms with Crippen molar-refractivity contribution in [3.05, 3.63) is 54.5 Å². The van der Waals surface area contributed by atoms with Gasteiger partial charge in [-0.25, -0.2) is 4.98 Å². The van der Waals surface area contributed by atoms with Crippen LogP contribution in [0.3, 0.4) is 0 Å². The topological polar surface area (TPSA) is 103 Å². The van der Waals surface area contributed by atoms with E-state index in [0.29, 0.717) is 29.0 Å². The lowest BCUT2D eigenvalue weighted by Crippen LogP contribution is -2.32. The van der Waals surface area contributed by atoms with Gasteiger partial charge in [0.2, 0.25) is 5.88 Å². The minimum atomic E-state index is -0.328. The molecule has 2 N–H and O–H groups in total. The van der Waals surface area contributed by atoms with Crippen LogP contribution in [0.5, 0.6) is 17.4 Å². The van der Waals surface area contributed by atoms with E-state index in [1.807, 2.05) is 18.2 Å². The summed E-state index contributed by atoms with van der Waals surface area (Å²) in [5.74, 6) is 1.91. The quantitative estimate of drug-likeness (QED) is 0.619. The fourth-order valence-corrected chi connectivity index (χ4v) is 3.33. The molecule has 0 spiro atoms. The smallest absolute Gasteiger partial charge is 0.277 e. The van der Waals surface area contributed by atoms with Crippen LogP contribution in [0.25, 0.3) is 0 Å². The second-order valence-electron chi connectivity index (χ2n) is 7.16. The van der Waals surface area contributed by atoms with Crippen LogP contribution >= 0.6 is 0 Å².